The number of nitrogens with zero attached hydrogens (tertiary/aromatic N) is 3. The zero-order chi connectivity index (χ0) is 52.0. The summed E-state index contributed by atoms with van der Waals surface area (Å²) in [4.78, 5) is 7.96. The highest BCUT2D eigenvalue weighted by molar-refractivity contribution is 7.26. The quantitative estimate of drug-likeness (QED) is 0.154. The molecule has 3 heterocycles. The number of fused-ring (bicyclic) bond motifs is 9. The Labute approximate surface area is 451 Å². The molecule has 75 heavy (non-hydrogen) atoms. The minimum Gasteiger partial charge on any atom is -0.311 e. The molecule has 374 valence electrons. The molecular weight excluding hydrogens is 926 g/mol. The molecule has 0 N–H and O–H groups in total. The number of thiophene rings is 1. The van der Waals surface area contributed by atoms with Gasteiger partial charge in [0.2, 0.25) is 0 Å². The molecule has 0 spiro atoms. The maximum atomic E-state index is 2.78. The van der Waals surface area contributed by atoms with E-state index < -0.39 is 0 Å². The highest BCUT2D eigenvalue weighted by Gasteiger charge is 2.50. The molecule has 4 aliphatic rings. The van der Waals surface area contributed by atoms with E-state index in [-0.39, 0.29) is 33.8 Å². The van der Waals surface area contributed by atoms with Crippen LogP contribution in [0.25, 0.3) is 21.2 Å². The lowest BCUT2D eigenvalue weighted by Gasteiger charge is -2.50. The van der Waals surface area contributed by atoms with Gasteiger partial charge in [-0.2, -0.15) is 0 Å². The summed E-state index contributed by atoms with van der Waals surface area (Å²) in [5, 5.41) is 2.63. The molecule has 0 fully saturated rings. The summed E-state index contributed by atoms with van der Waals surface area (Å²) in [5.41, 5.74) is 23.5. The van der Waals surface area contributed by atoms with Crippen molar-refractivity contribution in [1.29, 1.82) is 0 Å². The van der Waals surface area contributed by atoms with Crippen LogP contribution in [0.2, 0.25) is 0 Å². The fraction of sp³-hybridized carbons (Fsp3) is 0.286. The van der Waals surface area contributed by atoms with Gasteiger partial charge in [-0.25, -0.2) is 0 Å². The Bertz CT molecular complexity index is 3690. The summed E-state index contributed by atoms with van der Waals surface area (Å²) in [7, 11) is 0. The van der Waals surface area contributed by atoms with E-state index in [1.807, 2.05) is 11.3 Å². The third-order valence-electron chi connectivity index (χ3n) is 18.1. The molecule has 3 nitrogen and oxygen atoms in total. The van der Waals surface area contributed by atoms with Crippen LogP contribution in [0.5, 0.6) is 0 Å². The highest BCUT2D eigenvalue weighted by atomic mass is 32.1. The second kappa shape index (κ2) is 16.8. The van der Waals surface area contributed by atoms with Crippen LogP contribution in [-0.2, 0) is 27.1 Å². The first-order valence-corrected chi connectivity index (χ1v) is 28.4. The Hall–Kier alpha value is -6.82. The van der Waals surface area contributed by atoms with Gasteiger partial charge in [-0.15, -0.1) is 11.3 Å². The molecular formula is C70H70BN3S. The Morgan fingerprint density at radius 1 is 0.480 bits per heavy atom. The Balaban J connectivity index is 1.22. The van der Waals surface area contributed by atoms with Gasteiger partial charge in [-0.3, -0.25) is 0 Å². The number of rotatable bonds is 6. The smallest absolute Gasteiger partial charge is 0.254 e. The van der Waals surface area contributed by atoms with Crippen molar-refractivity contribution in [3.05, 3.63) is 204 Å². The molecule has 0 radical (unpaired) electrons. The summed E-state index contributed by atoms with van der Waals surface area (Å²) in [6, 6.07) is 67.6. The molecule has 0 saturated carbocycles. The number of anilines is 9. The zero-order valence-corrected chi connectivity index (χ0v) is 46.7. The predicted molar refractivity (Wildman–Crippen MR) is 325 cm³/mol. The molecule has 0 unspecified atom stereocenters. The molecule has 1 aromatic heterocycles. The van der Waals surface area contributed by atoms with Crippen molar-refractivity contribution in [2.45, 2.75) is 129 Å². The first-order chi connectivity index (χ1) is 35.8. The SMILES string of the molecule is CC(C)(C)c1ccc(N2c3cc(N(c4ccccc4)c4ccccc4)cc4c3B(c3ccc5c(c3N4c3ccc4c(c3)C(C)(C)CCC4(C)C)C(C)(C)CCC5(C)C)c3c2sc2ccccc32)c(-c2ccccc2)c1. The standard InChI is InChI=1S/C70H70BN3S/c1-66(2,3)46-31-36-57(52(41-46)45-23-15-12-16-24-45)74-59-44-50(72(47-25-17-13-18-26-47)48-27-19-14-20-28-48)43-58-63(59)71(62-51-29-21-22-30-60(51)75-65(62)74)56-35-34-54-61(70(10,11)40-39-68(54,6)7)64(56)73(58)49-32-33-53-55(42-49)69(8,9)38-37-67(53,4)5/h12-36,41-44H,37-40H2,1-11H3. The van der Waals surface area contributed by atoms with Crippen molar-refractivity contribution in [2.24, 2.45) is 0 Å². The molecule has 2 aliphatic carbocycles. The maximum absolute atomic E-state index is 2.78. The average Bonchev–Trinajstić information content (AvgIpc) is 3.82. The van der Waals surface area contributed by atoms with E-state index in [9.17, 15) is 0 Å². The van der Waals surface area contributed by atoms with Crippen molar-refractivity contribution in [3.8, 4) is 11.1 Å². The molecule has 13 rings (SSSR count). The van der Waals surface area contributed by atoms with E-state index in [4.69, 9.17) is 0 Å². The van der Waals surface area contributed by atoms with Gasteiger partial charge in [0, 0.05) is 44.4 Å². The molecule has 2 aliphatic heterocycles. The third kappa shape index (κ3) is 7.49. The lowest BCUT2D eigenvalue weighted by Crippen LogP contribution is -2.61. The molecule has 8 aromatic carbocycles. The number of benzene rings is 8. The summed E-state index contributed by atoms with van der Waals surface area (Å²) in [6.07, 6.45) is 4.60. The fourth-order valence-electron chi connectivity index (χ4n) is 13.7. The largest absolute Gasteiger partial charge is 0.311 e. The van der Waals surface area contributed by atoms with Gasteiger partial charge in [-0.05, 0) is 175 Å². The average molecular weight is 996 g/mol. The molecule has 0 atom stereocenters. The lowest BCUT2D eigenvalue weighted by atomic mass is 9.33. The van der Waals surface area contributed by atoms with Crippen molar-refractivity contribution >= 4 is 95.0 Å². The normalized spacial score (nSPS) is 17.4. The van der Waals surface area contributed by atoms with Gasteiger partial charge in [0.25, 0.3) is 6.71 Å². The Kier molecular flexibility index (Phi) is 10.8. The van der Waals surface area contributed by atoms with Crippen LogP contribution >= 0.6 is 11.3 Å². The number of hydrogen-bond donors (Lipinski definition) is 0. The molecule has 0 saturated heterocycles. The predicted octanol–water partition coefficient (Wildman–Crippen LogP) is 18.1. The van der Waals surface area contributed by atoms with Crippen LogP contribution in [0.4, 0.5) is 50.5 Å². The minimum absolute atomic E-state index is 0.00871. The van der Waals surface area contributed by atoms with Crippen molar-refractivity contribution in [1.82, 2.24) is 0 Å². The van der Waals surface area contributed by atoms with Gasteiger partial charge in [0.15, 0.2) is 0 Å². The second-order valence-corrected chi connectivity index (χ2v) is 26.9. The Morgan fingerprint density at radius 3 is 1.69 bits per heavy atom. The first kappa shape index (κ1) is 47.9. The highest BCUT2D eigenvalue weighted by Crippen LogP contribution is 2.57. The second-order valence-electron chi connectivity index (χ2n) is 25.9. The van der Waals surface area contributed by atoms with Crippen LogP contribution in [0.1, 0.15) is 130 Å². The molecule has 0 bridgehead atoms. The monoisotopic (exact) mass is 996 g/mol. The zero-order valence-electron chi connectivity index (χ0n) is 45.9. The minimum atomic E-state index is -0.0817. The summed E-state index contributed by atoms with van der Waals surface area (Å²) in [6.45, 7) is 26.9. The molecule has 0 amide bonds. The van der Waals surface area contributed by atoms with E-state index in [1.54, 1.807) is 0 Å². The Morgan fingerprint density at radius 2 is 1.04 bits per heavy atom. The van der Waals surface area contributed by atoms with Crippen LogP contribution in [-0.4, -0.2) is 6.71 Å². The number of para-hydroxylation sites is 2. The lowest BCUT2D eigenvalue weighted by molar-refractivity contribution is 0.331. The number of hydrogen-bond acceptors (Lipinski definition) is 4. The van der Waals surface area contributed by atoms with Crippen LogP contribution in [0.3, 0.4) is 0 Å². The van der Waals surface area contributed by atoms with Gasteiger partial charge < -0.3 is 14.7 Å². The molecule has 9 aromatic rings. The third-order valence-corrected chi connectivity index (χ3v) is 19.3. The van der Waals surface area contributed by atoms with Crippen LogP contribution < -0.4 is 31.1 Å². The van der Waals surface area contributed by atoms with Crippen LogP contribution in [0.15, 0.2) is 176 Å². The fourth-order valence-corrected chi connectivity index (χ4v) is 14.9. The topological polar surface area (TPSA) is 9.72 Å². The van der Waals surface area contributed by atoms with E-state index in [1.165, 1.54) is 105 Å². The van der Waals surface area contributed by atoms with Crippen molar-refractivity contribution in [3.63, 3.8) is 0 Å². The van der Waals surface area contributed by atoms with Gasteiger partial charge in [-0.1, -0.05) is 185 Å². The first-order valence-electron chi connectivity index (χ1n) is 27.6. The maximum Gasteiger partial charge on any atom is 0.254 e. The van der Waals surface area contributed by atoms with Crippen molar-refractivity contribution in [2.75, 3.05) is 14.7 Å². The van der Waals surface area contributed by atoms with E-state index >= 15 is 0 Å². The summed E-state index contributed by atoms with van der Waals surface area (Å²) in [5.74, 6) is 0. The van der Waals surface area contributed by atoms with E-state index in [0.717, 1.165) is 36.3 Å². The summed E-state index contributed by atoms with van der Waals surface area (Å²) < 4.78 is 1.31. The van der Waals surface area contributed by atoms with Gasteiger partial charge in [0.1, 0.15) is 0 Å². The van der Waals surface area contributed by atoms with E-state index in [0.29, 0.717) is 0 Å². The van der Waals surface area contributed by atoms with Gasteiger partial charge in [0.05, 0.1) is 16.4 Å². The van der Waals surface area contributed by atoms with E-state index in [2.05, 4.69) is 267 Å². The van der Waals surface area contributed by atoms with Crippen molar-refractivity contribution < 1.29 is 0 Å². The molecule has 5 heteroatoms. The van der Waals surface area contributed by atoms with Gasteiger partial charge >= 0.3 is 0 Å². The summed E-state index contributed by atoms with van der Waals surface area (Å²) >= 11 is 1.95. The van der Waals surface area contributed by atoms with Crippen LogP contribution in [0, 0.1) is 0 Å².